The smallest absolute Gasteiger partial charge is 0.365 e. The molecule has 0 saturated carbocycles. The third kappa shape index (κ3) is 4.33. The van der Waals surface area contributed by atoms with Crippen molar-refractivity contribution in [1.29, 1.82) is 0 Å². The second kappa shape index (κ2) is 6.41. The largest absolute Gasteiger partial charge is 0.450 e. The van der Waals surface area contributed by atoms with E-state index in [9.17, 15) is 30.1 Å². The van der Waals surface area contributed by atoms with Crippen molar-refractivity contribution < 1.29 is 24.5 Å². The third-order valence-corrected chi connectivity index (χ3v) is 4.30. The number of aliphatic hydroxyl groups is 1. The fourth-order valence-corrected chi connectivity index (χ4v) is 1.92. The molecule has 3 atom stereocenters. The van der Waals surface area contributed by atoms with Gasteiger partial charge < -0.3 is 9.84 Å². The van der Waals surface area contributed by atoms with Crippen molar-refractivity contribution in [2.75, 3.05) is 0 Å². The number of halogens is 3. The number of carbonyl (C=O) groups is 1. The summed E-state index contributed by atoms with van der Waals surface area (Å²) in [7, 11) is 0. The Bertz CT molecular complexity index is 400. The monoisotopic (exact) mass is 470 g/mol. The molecule has 0 spiro atoms. The van der Waals surface area contributed by atoms with Crippen molar-refractivity contribution in [2.45, 2.75) is 33.9 Å². The summed E-state index contributed by atoms with van der Waals surface area (Å²) in [4.78, 5) is 30.8. The van der Waals surface area contributed by atoms with E-state index in [0.717, 1.165) is 13.8 Å². The highest BCUT2D eigenvalue weighted by atomic mass is 79.9. The molecule has 0 aromatic rings. The van der Waals surface area contributed by atoms with Crippen LogP contribution in [0.3, 0.4) is 0 Å². The van der Waals surface area contributed by atoms with Gasteiger partial charge in [-0.1, -0.05) is 0 Å². The Morgan fingerprint density at radius 1 is 1.26 bits per heavy atom. The molecule has 9 nitrogen and oxygen atoms in total. The van der Waals surface area contributed by atoms with Crippen LogP contribution >= 0.6 is 47.8 Å². The van der Waals surface area contributed by atoms with Gasteiger partial charge in [0.2, 0.25) is 6.10 Å². The topological polar surface area (TPSA) is 133 Å². The molecular weight excluding hydrogens is 464 g/mol. The molecule has 0 fully saturated rings. The molecule has 0 rings (SSSR count). The second-order valence-electron chi connectivity index (χ2n) is 3.60. The third-order valence-electron chi connectivity index (χ3n) is 2.06. The highest BCUT2D eigenvalue weighted by Gasteiger charge is 2.60. The Morgan fingerprint density at radius 3 is 1.95 bits per heavy atom. The average molecular weight is 473 g/mol. The van der Waals surface area contributed by atoms with Gasteiger partial charge in [0.05, 0.1) is 4.92 Å². The summed E-state index contributed by atoms with van der Waals surface area (Å²) >= 11 is 7.88. The van der Waals surface area contributed by atoms with Gasteiger partial charge in [-0.3, -0.25) is 25.0 Å². The zero-order valence-corrected chi connectivity index (χ0v) is 14.3. The number of hydrogen-bond acceptors (Lipinski definition) is 7. The van der Waals surface area contributed by atoms with Crippen LogP contribution in [0.4, 0.5) is 0 Å². The normalized spacial score (nSPS) is 18.0. The number of carbonyl (C=O) groups excluding carboxylic acids is 1. The lowest BCUT2D eigenvalue weighted by molar-refractivity contribution is -0.556. The van der Waals surface area contributed by atoms with Gasteiger partial charge in [-0.25, -0.2) is 0 Å². The van der Waals surface area contributed by atoms with Crippen molar-refractivity contribution >= 4 is 53.8 Å². The first-order chi connectivity index (χ1) is 8.35. The van der Waals surface area contributed by atoms with E-state index >= 15 is 0 Å². The number of nitro groups is 2. The van der Waals surface area contributed by atoms with Gasteiger partial charge in [-0.15, -0.1) is 0 Å². The summed E-state index contributed by atoms with van der Waals surface area (Å²) in [5.74, 6) is -0.944. The van der Waals surface area contributed by atoms with E-state index in [-0.39, 0.29) is 0 Å². The first-order valence-corrected chi connectivity index (χ1v) is 6.94. The molecule has 0 amide bonds. The van der Waals surface area contributed by atoms with Gasteiger partial charge in [0, 0.05) is 66.6 Å². The molecule has 0 aromatic heterocycles. The van der Waals surface area contributed by atoms with Crippen LogP contribution in [-0.2, 0) is 9.53 Å². The highest BCUT2D eigenvalue weighted by Crippen LogP contribution is 2.39. The van der Waals surface area contributed by atoms with Gasteiger partial charge in [0.25, 0.3) is 0 Å². The van der Waals surface area contributed by atoms with E-state index in [1.54, 1.807) is 0 Å². The maximum absolute atomic E-state index is 10.9. The van der Waals surface area contributed by atoms with Crippen LogP contribution in [-0.4, -0.2) is 40.9 Å². The van der Waals surface area contributed by atoms with Gasteiger partial charge in [-0.2, -0.15) is 0 Å². The van der Waals surface area contributed by atoms with E-state index in [4.69, 9.17) is 0 Å². The maximum Gasteiger partial charge on any atom is 0.365 e. The Hall–Kier alpha value is -0.330. The summed E-state index contributed by atoms with van der Waals surface area (Å²) in [6.45, 7) is 1.93. The lowest BCUT2D eigenvalue weighted by Gasteiger charge is -2.30. The molecule has 3 unspecified atom stereocenters. The number of alkyl halides is 3. The first kappa shape index (κ1) is 18.7. The van der Waals surface area contributed by atoms with Crippen molar-refractivity contribution in [2.24, 2.45) is 0 Å². The van der Waals surface area contributed by atoms with E-state index in [2.05, 4.69) is 52.5 Å². The molecule has 12 heteroatoms. The number of ether oxygens (including phenoxy) is 1. The van der Waals surface area contributed by atoms with Gasteiger partial charge in [0.15, 0.2) is 6.10 Å². The zero-order chi connectivity index (χ0) is 15.6. The molecule has 0 heterocycles. The van der Waals surface area contributed by atoms with E-state index in [0.29, 0.717) is 0 Å². The average Bonchev–Trinajstić information content (AvgIpc) is 2.23. The number of nitrogens with zero attached hydrogens (tertiary/aromatic N) is 2. The van der Waals surface area contributed by atoms with E-state index in [1.807, 2.05) is 0 Å². The van der Waals surface area contributed by atoms with Crippen molar-refractivity contribution in [3.8, 4) is 0 Å². The predicted octanol–water partition coefficient (Wildman–Crippen LogP) is 1.39. The summed E-state index contributed by atoms with van der Waals surface area (Å²) in [6.07, 6.45) is -3.86. The van der Waals surface area contributed by atoms with Crippen molar-refractivity contribution in [3.63, 3.8) is 0 Å². The van der Waals surface area contributed by atoms with Crippen LogP contribution in [0.15, 0.2) is 0 Å². The highest BCUT2D eigenvalue weighted by molar-refractivity contribution is 9.25. The lowest BCUT2D eigenvalue weighted by atomic mass is 10.1. The van der Waals surface area contributed by atoms with Crippen LogP contribution in [0.25, 0.3) is 0 Å². The fourth-order valence-electron chi connectivity index (χ4n) is 0.992. The van der Waals surface area contributed by atoms with Crippen LogP contribution in [0.5, 0.6) is 0 Å². The molecule has 0 bridgehead atoms. The second-order valence-corrected chi connectivity index (χ2v) is 8.69. The molecule has 0 saturated heterocycles. The molecule has 1 N–H and O–H groups in total. The summed E-state index contributed by atoms with van der Waals surface area (Å²) in [5.41, 5.74) is 0. The molecule has 110 valence electrons. The standard InChI is InChI=1S/C7H9Br3N2O7/c1-3(13)19-5(7(9,10)12(17)18)4(14)6(2,8)11(15)16/h4-5,14H,1-2H3. The summed E-state index contributed by atoms with van der Waals surface area (Å²) in [5, 5.41) is 31.6. The van der Waals surface area contributed by atoms with Gasteiger partial charge >= 0.3 is 13.8 Å². The van der Waals surface area contributed by atoms with Gasteiger partial charge in [-0.05, 0) is 0 Å². The minimum atomic E-state index is -2.27. The van der Waals surface area contributed by atoms with Crippen LogP contribution in [0, 0.1) is 20.2 Å². The molecule has 0 aliphatic carbocycles. The molecular formula is C7H9Br3N2O7. The number of esters is 1. The number of rotatable bonds is 6. The molecule has 19 heavy (non-hydrogen) atoms. The predicted molar refractivity (Wildman–Crippen MR) is 73.5 cm³/mol. The van der Waals surface area contributed by atoms with E-state index in [1.165, 1.54) is 0 Å². The van der Waals surface area contributed by atoms with Crippen LogP contribution in [0.1, 0.15) is 13.8 Å². The molecule has 0 aliphatic rings. The quantitative estimate of drug-likeness (QED) is 0.203. The molecule has 0 aromatic carbocycles. The van der Waals surface area contributed by atoms with Gasteiger partial charge in [0.1, 0.15) is 0 Å². The molecule has 0 aliphatic heterocycles. The van der Waals surface area contributed by atoms with Crippen LogP contribution in [0.2, 0.25) is 0 Å². The Balaban J connectivity index is 5.57. The Labute approximate surface area is 132 Å². The number of aliphatic hydroxyl groups excluding tert-OH is 1. The summed E-state index contributed by atoms with van der Waals surface area (Å²) in [6, 6.07) is 0. The Morgan fingerprint density at radius 2 is 1.68 bits per heavy atom. The Kier molecular flexibility index (Phi) is 6.30. The first-order valence-electron chi connectivity index (χ1n) is 4.56. The van der Waals surface area contributed by atoms with Crippen molar-refractivity contribution in [1.82, 2.24) is 0 Å². The van der Waals surface area contributed by atoms with E-state index < -0.39 is 35.8 Å². The SMILES string of the molecule is CC(=O)OC(C(O)C(C)(Br)[N+](=O)[O-])C(Br)(Br)[N+](=O)[O-]. The fraction of sp³-hybridized carbons (Fsp3) is 0.857. The molecule has 0 radical (unpaired) electrons. The van der Waals surface area contributed by atoms with Crippen molar-refractivity contribution in [3.05, 3.63) is 20.2 Å². The summed E-state index contributed by atoms with van der Waals surface area (Å²) < 4.78 is 0.205. The minimum absolute atomic E-state index is 0.899. The lowest BCUT2D eigenvalue weighted by Crippen LogP contribution is -2.57. The maximum atomic E-state index is 10.9. The minimum Gasteiger partial charge on any atom is -0.450 e. The number of hydrogen-bond donors (Lipinski definition) is 1. The van der Waals surface area contributed by atoms with Crippen LogP contribution < -0.4 is 0 Å². The zero-order valence-electron chi connectivity index (χ0n) is 9.58.